The van der Waals surface area contributed by atoms with E-state index in [0.717, 1.165) is 12.1 Å². The van der Waals surface area contributed by atoms with E-state index < -0.39 is 12.0 Å². The number of aryl methyl sites for hydroxylation is 2. The molecule has 0 saturated carbocycles. The number of amides is 1. The van der Waals surface area contributed by atoms with Gasteiger partial charge in [0.2, 0.25) is 0 Å². The number of hydrogen-bond donors (Lipinski definition) is 1. The van der Waals surface area contributed by atoms with Crippen molar-refractivity contribution in [2.45, 2.75) is 25.8 Å². The fourth-order valence-electron chi connectivity index (χ4n) is 2.34. The number of carboxylic acid groups (broad SMARTS) is 1. The van der Waals surface area contributed by atoms with Gasteiger partial charge in [-0.15, -0.1) is 0 Å². The molecule has 0 spiro atoms. The van der Waals surface area contributed by atoms with Crippen molar-refractivity contribution in [1.82, 2.24) is 14.7 Å². The molecule has 1 N–H and O–H groups in total. The smallest absolute Gasteiger partial charge is 0.305 e. The number of ether oxygens (including phenoxy) is 1. The zero-order valence-corrected chi connectivity index (χ0v) is 11.7. The first-order valence-corrected chi connectivity index (χ1v) is 6.66. The molecule has 7 heteroatoms. The Morgan fingerprint density at radius 1 is 1.55 bits per heavy atom. The molecule has 1 aromatic heterocycles. The molecule has 1 aliphatic heterocycles. The molecule has 0 aliphatic carbocycles. The van der Waals surface area contributed by atoms with E-state index in [4.69, 9.17) is 9.84 Å². The Morgan fingerprint density at radius 2 is 2.30 bits per heavy atom. The molecule has 1 saturated heterocycles. The predicted octanol–water partition coefficient (Wildman–Crippen LogP) is 0.298. The highest BCUT2D eigenvalue weighted by Gasteiger charge is 2.31. The van der Waals surface area contributed by atoms with Crippen LogP contribution in [0, 0.1) is 0 Å². The standard InChI is InChI=1S/C13H19N3O4/c1-3-9-6-11(15(2)14-9)13(19)16-4-5-20-8-10(16)7-12(17)18/h6,10H,3-5,7-8H2,1-2H3,(H,17,18). The first kappa shape index (κ1) is 14.5. The molecular weight excluding hydrogens is 262 g/mol. The minimum absolute atomic E-state index is 0.107. The molecule has 1 amide bonds. The summed E-state index contributed by atoms with van der Waals surface area (Å²) in [6.45, 7) is 3.07. The maximum Gasteiger partial charge on any atom is 0.305 e. The van der Waals surface area contributed by atoms with Gasteiger partial charge >= 0.3 is 5.97 Å². The molecule has 2 heterocycles. The monoisotopic (exact) mass is 281 g/mol. The van der Waals surface area contributed by atoms with Crippen LogP contribution in [0.5, 0.6) is 0 Å². The first-order chi connectivity index (χ1) is 9.52. The lowest BCUT2D eigenvalue weighted by molar-refractivity contribution is -0.139. The lowest BCUT2D eigenvalue weighted by Gasteiger charge is -2.34. The van der Waals surface area contributed by atoms with Crippen molar-refractivity contribution in [2.75, 3.05) is 19.8 Å². The van der Waals surface area contributed by atoms with Crippen LogP contribution in [0.2, 0.25) is 0 Å². The van der Waals surface area contributed by atoms with Crippen molar-refractivity contribution >= 4 is 11.9 Å². The molecule has 0 radical (unpaired) electrons. The number of aliphatic carboxylic acids is 1. The molecule has 0 aromatic carbocycles. The summed E-state index contributed by atoms with van der Waals surface area (Å²) in [7, 11) is 1.72. The fraction of sp³-hybridized carbons (Fsp3) is 0.615. The van der Waals surface area contributed by atoms with E-state index in [0.29, 0.717) is 18.8 Å². The first-order valence-electron chi connectivity index (χ1n) is 6.66. The summed E-state index contributed by atoms with van der Waals surface area (Å²) >= 11 is 0. The summed E-state index contributed by atoms with van der Waals surface area (Å²) in [5.41, 5.74) is 1.33. The van der Waals surface area contributed by atoms with E-state index >= 15 is 0 Å². The molecule has 1 unspecified atom stereocenters. The maximum atomic E-state index is 12.6. The van der Waals surface area contributed by atoms with Crippen LogP contribution in [0.15, 0.2) is 6.07 Å². The van der Waals surface area contributed by atoms with Gasteiger partial charge in [-0.05, 0) is 12.5 Å². The summed E-state index contributed by atoms with van der Waals surface area (Å²) in [6.07, 6.45) is 0.646. The Labute approximate surface area is 117 Å². The van der Waals surface area contributed by atoms with Crippen LogP contribution in [0.4, 0.5) is 0 Å². The second-order valence-electron chi connectivity index (χ2n) is 4.82. The van der Waals surface area contributed by atoms with Crippen LogP contribution in [-0.4, -0.2) is 57.5 Å². The topological polar surface area (TPSA) is 84.7 Å². The van der Waals surface area contributed by atoms with Gasteiger partial charge in [0.1, 0.15) is 5.69 Å². The van der Waals surface area contributed by atoms with Crippen molar-refractivity contribution in [3.63, 3.8) is 0 Å². The average molecular weight is 281 g/mol. The molecule has 1 atom stereocenters. The molecule has 2 rings (SSSR count). The van der Waals surface area contributed by atoms with E-state index in [2.05, 4.69) is 5.10 Å². The fourth-order valence-corrected chi connectivity index (χ4v) is 2.34. The Bertz CT molecular complexity index is 512. The molecule has 1 aliphatic rings. The number of aromatic nitrogens is 2. The molecular formula is C13H19N3O4. The van der Waals surface area contributed by atoms with Gasteiger partial charge in [0.25, 0.3) is 5.91 Å². The highest BCUT2D eigenvalue weighted by Crippen LogP contribution is 2.16. The lowest BCUT2D eigenvalue weighted by atomic mass is 10.1. The summed E-state index contributed by atoms with van der Waals surface area (Å²) in [4.78, 5) is 25.0. The van der Waals surface area contributed by atoms with Gasteiger partial charge in [0.15, 0.2) is 0 Å². The Kier molecular flexibility index (Phi) is 4.39. The quantitative estimate of drug-likeness (QED) is 0.858. The largest absolute Gasteiger partial charge is 0.481 e. The number of morpholine rings is 1. The van der Waals surface area contributed by atoms with E-state index in [9.17, 15) is 9.59 Å². The average Bonchev–Trinajstić information content (AvgIpc) is 2.79. The van der Waals surface area contributed by atoms with Gasteiger partial charge in [-0.3, -0.25) is 14.3 Å². The summed E-state index contributed by atoms with van der Waals surface area (Å²) in [5, 5.41) is 13.2. The van der Waals surface area contributed by atoms with E-state index in [1.165, 1.54) is 0 Å². The molecule has 7 nitrogen and oxygen atoms in total. The summed E-state index contributed by atoms with van der Waals surface area (Å²) < 4.78 is 6.83. The van der Waals surface area contributed by atoms with Crippen molar-refractivity contribution in [3.05, 3.63) is 17.5 Å². The van der Waals surface area contributed by atoms with E-state index in [1.807, 2.05) is 6.92 Å². The van der Waals surface area contributed by atoms with Crippen LogP contribution in [-0.2, 0) is 23.0 Å². The Hall–Kier alpha value is -1.89. The third-order valence-corrected chi connectivity index (χ3v) is 3.41. The van der Waals surface area contributed by atoms with Gasteiger partial charge in [-0.2, -0.15) is 5.10 Å². The van der Waals surface area contributed by atoms with Crippen LogP contribution in [0.25, 0.3) is 0 Å². The Morgan fingerprint density at radius 3 is 2.90 bits per heavy atom. The molecule has 1 fully saturated rings. The minimum atomic E-state index is -0.933. The van der Waals surface area contributed by atoms with E-state index in [1.54, 1.807) is 22.7 Å². The van der Waals surface area contributed by atoms with Crippen LogP contribution >= 0.6 is 0 Å². The SMILES string of the molecule is CCc1cc(C(=O)N2CCOCC2CC(=O)O)n(C)n1. The normalized spacial score (nSPS) is 19.1. The van der Waals surface area contributed by atoms with Crippen molar-refractivity contribution in [2.24, 2.45) is 7.05 Å². The van der Waals surface area contributed by atoms with Crippen molar-refractivity contribution < 1.29 is 19.4 Å². The number of nitrogens with zero attached hydrogens (tertiary/aromatic N) is 3. The molecule has 0 bridgehead atoms. The predicted molar refractivity (Wildman–Crippen MR) is 70.5 cm³/mol. The van der Waals surface area contributed by atoms with Gasteiger partial charge in [-0.1, -0.05) is 6.92 Å². The maximum absolute atomic E-state index is 12.6. The van der Waals surface area contributed by atoms with Crippen molar-refractivity contribution in [1.29, 1.82) is 0 Å². The molecule has 20 heavy (non-hydrogen) atoms. The third kappa shape index (κ3) is 2.98. The number of carboxylic acids is 1. The second kappa shape index (κ2) is 6.04. The molecule has 1 aromatic rings. The van der Waals surface area contributed by atoms with Gasteiger partial charge < -0.3 is 14.7 Å². The Balaban J connectivity index is 2.20. The zero-order valence-electron chi connectivity index (χ0n) is 11.7. The summed E-state index contributed by atoms with van der Waals surface area (Å²) in [5.74, 6) is -1.12. The third-order valence-electron chi connectivity index (χ3n) is 3.41. The number of rotatable bonds is 4. The number of hydrogen-bond acceptors (Lipinski definition) is 4. The lowest BCUT2D eigenvalue weighted by Crippen LogP contribution is -2.50. The van der Waals surface area contributed by atoms with Crippen LogP contribution in [0.1, 0.15) is 29.5 Å². The second-order valence-corrected chi connectivity index (χ2v) is 4.82. The van der Waals surface area contributed by atoms with E-state index in [-0.39, 0.29) is 18.9 Å². The highest BCUT2D eigenvalue weighted by molar-refractivity contribution is 5.93. The van der Waals surface area contributed by atoms with Gasteiger partial charge in [0.05, 0.1) is 31.4 Å². The van der Waals surface area contributed by atoms with Crippen LogP contribution < -0.4 is 0 Å². The summed E-state index contributed by atoms with van der Waals surface area (Å²) in [6, 6.07) is 1.34. The number of carbonyl (C=O) groups is 2. The molecule has 110 valence electrons. The highest BCUT2D eigenvalue weighted by atomic mass is 16.5. The van der Waals surface area contributed by atoms with Crippen molar-refractivity contribution in [3.8, 4) is 0 Å². The van der Waals surface area contributed by atoms with Gasteiger partial charge in [0, 0.05) is 13.6 Å². The van der Waals surface area contributed by atoms with Gasteiger partial charge in [-0.25, -0.2) is 0 Å². The minimum Gasteiger partial charge on any atom is -0.481 e. The number of carbonyl (C=O) groups excluding carboxylic acids is 1. The van der Waals surface area contributed by atoms with Crippen LogP contribution in [0.3, 0.4) is 0 Å². The zero-order chi connectivity index (χ0) is 14.7.